The first kappa shape index (κ1) is 19.1. The number of aliphatic imine (C=N–C) groups is 1. The fourth-order valence-electron chi connectivity index (χ4n) is 1.50. The number of nitrogens with zero attached hydrogens (tertiary/aromatic N) is 3. The Balaban J connectivity index is 0.00000361. The third-order valence-corrected chi connectivity index (χ3v) is 2.39. The number of aromatic nitrogens is 2. The Morgan fingerprint density at radius 3 is 2.65 bits per heavy atom. The van der Waals surface area contributed by atoms with E-state index in [1.807, 2.05) is 6.92 Å². The highest BCUT2D eigenvalue weighted by atomic mass is 127. The van der Waals surface area contributed by atoms with Crippen molar-refractivity contribution in [2.75, 3.05) is 19.6 Å². The second kappa shape index (κ2) is 10.9. The van der Waals surface area contributed by atoms with Crippen molar-refractivity contribution in [3.63, 3.8) is 0 Å². The van der Waals surface area contributed by atoms with Gasteiger partial charge in [-0.1, -0.05) is 19.0 Å². The second-order valence-electron chi connectivity index (χ2n) is 4.88. The molecule has 0 amide bonds. The molecule has 1 rings (SSSR count). The zero-order chi connectivity index (χ0) is 14.1. The fraction of sp³-hybridized carbons (Fsp3) is 0.769. The van der Waals surface area contributed by atoms with Crippen LogP contribution >= 0.6 is 24.0 Å². The molecule has 6 nitrogen and oxygen atoms in total. The van der Waals surface area contributed by atoms with E-state index in [2.05, 4.69) is 46.5 Å². The van der Waals surface area contributed by atoms with Crippen LogP contribution in [0.1, 0.15) is 38.9 Å². The highest BCUT2D eigenvalue weighted by Gasteiger charge is 2.02. The van der Waals surface area contributed by atoms with Gasteiger partial charge in [0.05, 0.1) is 0 Å². The summed E-state index contributed by atoms with van der Waals surface area (Å²) in [5.41, 5.74) is 0. The molecule has 0 radical (unpaired) electrons. The maximum Gasteiger partial charge on any atom is 0.226 e. The van der Waals surface area contributed by atoms with Crippen LogP contribution in [0.15, 0.2) is 9.52 Å². The van der Waals surface area contributed by atoms with Gasteiger partial charge in [0, 0.05) is 26.1 Å². The third-order valence-electron chi connectivity index (χ3n) is 2.39. The van der Waals surface area contributed by atoms with Crippen molar-refractivity contribution in [1.82, 2.24) is 20.8 Å². The Morgan fingerprint density at radius 1 is 1.35 bits per heavy atom. The summed E-state index contributed by atoms with van der Waals surface area (Å²) < 4.78 is 5.06. The monoisotopic (exact) mass is 395 g/mol. The maximum absolute atomic E-state index is 5.06. The normalized spacial score (nSPS) is 11.3. The van der Waals surface area contributed by atoms with Gasteiger partial charge in [-0.05, 0) is 26.2 Å². The van der Waals surface area contributed by atoms with E-state index in [0.717, 1.165) is 38.4 Å². The van der Waals surface area contributed by atoms with Gasteiger partial charge in [-0.2, -0.15) is 4.98 Å². The van der Waals surface area contributed by atoms with Crippen LogP contribution in [0.2, 0.25) is 0 Å². The van der Waals surface area contributed by atoms with Crippen LogP contribution in [0.25, 0.3) is 0 Å². The predicted molar refractivity (Wildman–Crippen MR) is 91.6 cm³/mol. The molecule has 20 heavy (non-hydrogen) atoms. The van der Waals surface area contributed by atoms with Crippen molar-refractivity contribution in [3.8, 4) is 0 Å². The molecular formula is C13H26IN5O. The van der Waals surface area contributed by atoms with Gasteiger partial charge in [-0.25, -0.2) is 0 Å². The van der Waals surface area contributed by atoms with Gasteiger partial charge in [0.2, 0.25) is 5.89 Å². The lowest BCUT2D eigenvalue weighted by molar-refractivity contribution is 0.372. The number of guanidine groups is 1. The van der Waals surface area contributed by atoms with E-state index in [-0.39, 0.29) is 24.0 Å². The van der Waals surface area contributed by atoms with Crippen LogP contribution in [0.5, 0.6) is 0 Å². The Kier molecular flexibility index (Phi) is 10.4. The van der Waals surface area contributed by atoms with Crippen molar-refractivity contribution in [2.45, 2.75) is 40.5 Å². The summed E-state index contributed by atoms with van der Waals surface area (Å²) in [6, 6.07) is 0. The minimum Gasteiger partial charge on any atom is -0.357 e. The number of rotatable bonds is 7. The predicted octanol–water partition coefficient (Wildman–Crippen LogP) is 2.14. The average molecular weight is 395 g/mol. The molecular weight excluding hydrogens is 369 g/mol. The molecule has 0 unspecified atom stereocenters. The average Bonchev–Trinajstić information content (AvgIpc) is 2.77. The second-order valence-corrected chi connectivity index (χ2v) is 4.88. The summed E-state index contributed by atoms with van der Waals surface area (Å²) in [7, 11) is 0. The van der Waals surface area contributed by atoms with Crippen LogP contribution in [0.3, 0.4) is 0 Å². The topological polar surface area (TPSA) is 75.3 Å². The Bertz CT molecular complexity index is 392. The van der Waals surface area contributed by atoms with E-state index in [1.165, 1.54) is 0 Å². The summed E-state index contributed by atoms with van der Waals surface area (Å²) in [6.07, 6.45) is 1.73. The van der Waals surface area contributed by atoms with E-state index >= 15 is 0 Å². The van der Waals surface area contributed by atoms with Crippen molar-refractivity contribution < 1.29 is 4.52 Å². The van der Waals surface area contributed by atoms with Gasteiger partial charge >= 0.3 is 0 Å². The molecule has 0 aromatic carbocycles. The molecule has 0 aliphatic rings. The van der Waals surface area contributed by atoms with Crippen LogP contribution in [0.4, 0.5) is 0 Å². The highest BCUT2D eigenvalue weighted by Crippen LogP contribution is 1.99. The summed E-state index contributed by atoms with van der Waals surface area (Å²) in [5.74, 6) is 2.83. The lowest BCUT2D eigenvalue weighted by Gasteiger charge is -2.11. The van der Waals surface area contributed by atoms with E-state index < -0.39 is 0 Å². The van der Waals surface area contributed by atoms with Gasteiger partial charge in [0.1, 0.15) is 0 Å². The first-order chi connectivity index (χ1) is 9.11. The summed E-state index contributed by atoms with van der Waals surface area (Å²) in [5, 5.41) is 10.3. The lowest BCUT2D eigenvalue weighted by atomic mass is 10.2. The Labute approximate surface area is 138 Å². The molecule has 116 valence electrons. The fourth-order valence-corrected chi connectivity index (χ4v) is 1.50. The largest absolute Gasteiger partial charge is 0.357 e. The summed E-state index contributed by atoms with van der Waals surface area (Å²) in [6.45, 7) is 10.7. The van der Waals surface area contributed by atoms with Gasteiger partial charge in [-0.3, -0.25) is 4.99 Å². The molecule has 0 spiro atoms. The zero-order valence-corrected chi connectivity index (χ0v) is 15.1. The molecule has 0 aliphatic heterocycles. The van der Waals surface area contributed by atoms with E-state index in [9.17, 15) is 0 Å². The molecule has 1 aromatic rings. The van der Waals surface area contributed by atoms with Gasteiger partial charge in [-0.15, -0.1) is 24.0 Å². The zero-order valence-electron chi connectivity index (χ0n) is 12.8. The van der Waals surface area contributed by atoms with Gasteiger partial charge in [0.25, 0.3) is 0 Å². The smallest absolute Gasteiger partial charge is 0.226 e. The molecule has 1 aromatic heterocycles. The van der Waals surface area contributed by atoms with Crippen LogP contribution in [-0.4, -0.2) is 35.7 Å². The Morgan fingerprint density at radius 2 is 2.10 bits per heavy atom. The van der Waals surface area contributed by atoms with E-state index in [4.69, 9.17) is 4.52 Å². The molecule has 0 fully saturated rings. The maximum atomic E-state index is 5.06. The molecule has 1 heterocycles. The minimum absolute atomic E-state index is 0. The molecule has 7 heteroatoms. The van der Waals surface area contributed by atoms with Crippen molar-refractivity contribution >= 4 is 29.9 Å². The van der Waals surface area contributed by atoms with E-state index in [0.29, 0.717) is 17.6 Å². The molecule has 0 bridgehead atoms. The number of hydrogen-bond donors (Lipinski definition) is 2. The number of hydrogen-bond acceptors (Lipinski definition) is 4. The molecule has 2 N–H and O–H groups in total. The van der Waals surface area contributed by atoms with Gasteiger partial charge < -0.3 is 15.2 Å². The molecule has 0 saturated carbocycles. The molecule has 0 saturated heterocycles. The standard InChI is InChI=1S/C13H25N5O.HI/c1-5-14-13(16-9-10(2)3)15-8-6-7-12-17-11(4)18-19-12;/h10H,5-9H2,1-4H3,(H2,14,15,16);1H. The number of nitrogens with one attached hydrogen (secondary N) is 2. The minimum atomic E-state index is 0. The number of aryl methyl sites for hydroxylation is 2. The van der Waals surface area contributed by atoms with Crippen molar-refractivity contribution in [1.29, 1.82) is 0 Å². The molecule has 0 aliphatic carbocycles. The third kappa shape index (κ3) is 8.34. The molecule has 0 atom stereocenters. The highest BCUT2D eigenvalue weighted by molar-refractivity contribution is 14.0. The van der Waals surface area contributed by atoms with Crippen molar-refractivity contribution in [2.24, 2.45) is 10.9 Å². The van der Waals surface area contributed by atoms with Crippen LogP contribution in [0, 0.1) is 12.8 Å². The van der Waals surface area contributed by atoms with Crippen molar-refractivity contribution in [3.05, 3.63) is 11.7 Å². The van der Waals surface area contributed by atoms with Crippen LogP contribution < -0.4 is 10.6 Å². The first-order valence-corrected chi connectivity index (χ1v) is 6.93. The number of halogens is 1. The lowest BCUT2D eigenvalue weighted by Crippen LogP contribution is -2.38. The SMILES string of the molecule is CCNC(=NCC(C)C)NCCCc1nc(C)no1.I. The quantitative estimate of drug-likeness (QED) is 0.320. The first-order valence-electron chi connectivity index (χ1n) is 6.93. The summed E-state index contributed by atoms with van der Waals surface area (Å²) >= 11 is 0. The van der Waals surface area contributed by atoms with Crippen LogP contribution in [-0.2, 0) is 6.42 Å². The van der Waals surface area contributed by atoms with E-state index in [1.54, 1.807) is 0 Å². The van der Waals surface area contributed by atoms with Gasteiger partial charge in [0.15, 0.2) is 11.8 Å². The summed E-state index contributed by atoms with van der Waals surface area (Å²) in [4.78, 5) is 8.68. The Hall–Kier alpha value is -0.860.